The summed E-state index contributed by atoms with van der Waals surface area (Å²) in [5.74, 6) is 1.50. The Bertz CT molecular complexity index is 181. The Hall–Kier alpha value is -0.220. The average molecular weight is 233 g/mol. The number of carbonyl (C=O) groups is 1. The Morgan fingerprint density at radius 3 is 2.33 bits per heavy atom. The van der Waals surface area contributed by atoms with Crippen LogP contribution in [0.3, 0.4) is 0 Å². The van der Waals surface area contributed by atoms with Gasteiger partial charge in [-0.05, 0) is 18.6 Å². The monoisotopic (exact) mass is 233 g/mol. The highest BCUT2D eigenvalue weighted by atomic mass is 32.2. The SMILES string of the molecule is CCSCCNCC(CC)(CC)C(=O)O. The molecule has 0 aromatic carbocycles. The van der Waals surface area contributed by atoms with Crippen LogP contribution in [0.2, 0.25) is 0 Å². The maximum absolute atomic E-state index is 11.2. The van der Waals surface area contributed by atoms with Crippen LogP contribution in [-0.2, 0) is 4.79 Å². The molecule has 0 bridgehead atoms. The molecule has 0 radical (unpaired) electrons. The van der Waals surface area contributed by atoms with Crippen molar-refractivity contribution in [1.29, 1.82) is 0 Å². The summed E-state index contributed by atoms with van der Waals surface area (Å²) in [5.41, 5.74) is -0.573. The highest BCUT2D eigenvalue weighted by Crippen LogP contribution is 2.25. The lowest BCUT2D eigenvalue weighted by molar-refractivity contribution is -0.149. The zero-order chi connectivity index (χ0) is 11.7. The molecule has 0 rings (SSSR count). The van der Waals surface area contributed by atoms with Gasteiger partial charge in [-0.1, -0.05) is 20.8 Å². The standard InChI is InChI=1S/C11H23NO2S/c1-4-11(5-2,10(13)14)9-12-7-8-15-6-3/h12H,4-9H2,1-3H3,(H,13,14). The van der Waals surface area contributed by atoms with Crippen molar-refractivity contribution in [2.45, 2.75) is 33.6 Å². The molecule has 2 N–H and O–H groups in total. The molecule has 4 heteroatoms. The van der Waals surface area contributed by atoms with Gasteiger partial charge in [0.05, 0.1) is 5.41 Å². The summed E-state index contributed by atoms with van der Waals surface area (Å²) in [4.78, 5) is 11.2. The Morgan fingerprint density at radius 2 is 1.93 bits per heavy atom. The van der Waals surface area contributed by atoms with Gasteiger partial charge in [-0.3, -0.25) is 4.79 Å². The Kier molecular flexibility index (Phi) is 7.88. The molecule has 0 heterocycles. The number of nitrogens with one attached hydrogen (secondary N) is 1. The predicted octanol–water partition coefficient (Wildman–Crippen LogP) is 2.22. The minimum Gasteiger partial charge on any atom is -0.481 e. The molecular formula is C11H23NO2S. The van der Waals surface area contributed by atoms with Gasteiger partial charge in [-0.15, -0.1) is 0 Å². The molecule has 0 amide bonds. The van der Waals surface area contributed by atoms with E-state index in [1.807, 2.05) is 25.6 Å². The molecule has 0 aromatic heterocycles. The first-order valence-corrected chi connectivity index (χ1v) is 6.80. The average Bonchev–Trinajstić information content (AvgIpc) is 2.23. The van der Waals surface area contributed by atoms with Gasteiger partial charge in [0.15, 0.2) is 0 Å². The number of hydrogen-bond donors (Lipinski definition) is 2. The molecular weight excluding hydrogens is 210 g/mol. The molecule has 0 aliphatic rings. The van der Waals surface area contributed by atoms with E-state index in [4.69, 9.17) is 0 Å². The van der Waals surface area contributed by atoms with Gasteiger partial charge in [0, 0.05) is 18.8 Å². The maximum atomic E-state index is 11.2. The van der Waals surface area contributed by atoms with E-state index < -0.39 is 11.4 Å². The third kappa shape index (κ3) is 4.89. The quantitative estimate of drug-likeness (QED) is 0.600. The van der Waals surface area contributed by atoms with Crippen molar-refractivity contribution in [2.24, 2.45) is 5.41 Å². The van der Waals surface area contributed by atoms with Crippen molar-refractivity contribution in [3.05, 3.63) is 0 Å². The molecule has 90 valence electrons. The van der Waals surface area contributed by atoms with Crippen molar-refractivity contribution in [3.8, 4) is 0 Å². The summed E-state index contributed by atoms with van der Waals surface area (Å²) in [6.45, 7) is 7.50. The lowest BCUT2D eigenvalue weighted by Crippen LogP contribution is -2.40. The lowest BCUT2D eigenvalue weighted by Gasteiger charge is -2.26. The van der Waals surface area contributed by atoms with Gasteiger partial charge in [0.25, 0.3) is 0 Å². The zero-order valence-electron chi connectivity index (χ0n) is 10.0. The van der Waals surface area contributed by atoms with Gasteiger partial charge in [-0.25, -0.2) is 0 Å². The van der Waals surface area contributed by atoms with Crippen LogP contribution in [0.1, 0.15) is 33.6 Å². The van der Waals surface area contributed by atoms with Gasteiger partial charge in [-0.2, -0.15) is 11.8 Å². The number of carboxylic acid groups (broad SMARTS) is 1. The van der Waals surface area contributed by atoms with Crippen molar-refractivity contribution in [2.75, 3.05) is 24.6 Å². The third-order valence-corrected chi connectivity index (χ3v) is 3.80. The molecule has 0 fully saturated rings. The molecule has 0 spiro atoms. The first-order valence-electron chi connectivity index (χ1n) is 5.64. The maximum Gasteiger partial charge on any atom is 0.310 e. The second-order valence-corrected chi connectivity index (χ2v) is 5.06. The second kappa shape index (κ2) is 7.99. The van der Waals surface area contributed by atoms with Crippen LogP contribution in [0.15, 0.2) is 0 Å². The van der Waals surface area contributed by atoms with E-state index >= 15 is 0 Å². The van der Waals surface area contributed by atoms with Gasteiger partial charge in [0.1, 0.15) is 0 Å². The van der Waals surface area contributed by atoms with Crippen LogP contribution in [-0.4, -0.2) is 35.7 Å². The Labute approximate surface area is 97.0 Å². The zero-order valence-corrected chi connectivity index (χ0v) is 10.8. The lowest BCUT2D eigenvalue weighted by atomic mass is 9.82. The number of aliphatic carboxylic acids is 1. The van der Waals surface area contributed by atoms with E-state index in [2.05, 4.69) is 12.2 Å². The first-order chi connectivity index (χ1) is 7.13. The number of carboxylic acids is 1. The molecule has 0 saturated heterocycles. The minimum absolute atomic E-state index is 0.573. The van der Waals surface area contributed by atoms with Crippen LogP contribution >= 0.6 is 11.8 Å². The molecule has 0 aromatic rings. The van der Waals surface area contributed by atoms with Crippen molar-refractivity contribution >= 4 is 17.7 Å². The Morgan fingerprint density at radius 1 is 1.33 bits per heavy atom. The van der Waals surface area contributed by atoms with Crippen LogP contribution in [0.4, 0.5) is 0 Å². The van der Waals surface area contributed by atoms with Crippen molar-refractivity contribution < 1.29 is 9.90 Å². The molecule has 0 saturated carbocycles. The van der Waals surface area contributed by atoms with Crippen LogP contribution in [0.25, 0.3) is 0 Å². The van der Waals surface area contributed by atoms with Crippen LogP contribution < -0.4 is 5.32 Å². The fourth-order valence-corrected chi connectivity index (χ4v) is 2.07. The smallest absolute Gasteiger partial charge is 0.310 e. The fourth-order valence-electron chi connectivity index (χ4n) is 1.49. The Balaban J connectivity index is 3.91. The summed E-state index contributed by atoms with van der Waals surface area (Å²) < 4.78 is 0. The van der Waals surface area contributed by atoms with Crippen molar-refractivity contribution in [3.63, 3.8) is 0 Å². The van der Waals surface area contributed by atoms with Gasteiger partial charge >= 0.3 is 5.97 Å². The second-order valence-electron chi connectivity index (χ2n) is 3.67. The van der Waals surface area contributed by atoms with E-state index in [1.165, 1.54) is 0 Å². The topological polar surface area (TPSA) is 49.3 Å². The molecule has 0 unspecified atom stereocenters. The molecule has 0 aliphatic carbocycles. The molecule has 3 nitrogen and oxygen atoms in total. The normalized spacial score (nSPS) is 11.7. The number of rotatable bonds is 9. The van der Waals surface area contributed by atoms with E-state index in [0.717, 1.165) is 18.1 Å². The van der Waals surface area contributed by atoms with Gasteiger partial charge < -0.3 is 10.4 Å². The summed E-state index contributed by atoms with van der Waals surface area (Å²) in [5, 5.41) is 12.4. The van der Waals surface area contributed by atoms with E-state index in [9.17, 15) is 9.90 Å². The van der Waals surface area contributed by atoms with E-state index in [1.54, 1.807) is 0 Å². The van der Waals surface area contributed by atoms with E-state index in [-0.39, 0.29) is 0 Å². The number of hydrogen-bond acceptors (Lipinski definition) is 3. The summed E-state index contributed by atoms with van der Waals surface area (Å²) in [6, 6.07) is 0. The van der Waals surface area contributed by atoms with E-state index in [0.29, 0.717) is 19.4 Å². The highest BCUT2D eigenvalue weighted by molar-refractivity contribution is 7.99. The summed E-state index contributed by atoms with van der Waals surface area (Å²) in [6.07, 6.45) is 1.37. The highest BCUT2D eigenvalue weighted by Gasteiger charge is 2.33. The first kappa shape index (κ1) is 14.8. The van der Waals surface area contributed by atoms with Crippen LogP contribution in [0, 0.1) is 5.41 Å². The summed E-state index contributed by atoms with van der Waals surface area (Å²) in [7, 11) is 0. The predicted molar refractivity (Wildman–Crippen MR) is 66.5 cm³/mol. The number of thioether (sulfide) groups is 1. The fraction of sp³-hybridized carbons (Fsp3) is 0.909. The van der Waals surface area contributed by atoms with Crippen LogP contribution in [0.5, 0.6) is 0 Å². The molecule has 0 atom stereocenters. The van der Waals surface area contributed by atoms with Crippen molar-refractivity contribution in [1.82, 2.24) is 5.32 Å². The summed E-state index contributed by atoms with van der Waals surface area (Å²) >= 11 is 1.87. The largest absolute Gasteiger partial charge is 0.481 e. The molecule has 0 aliphatic heterocycles. The van der Waals surface area contributed by atoms with Gasteiger partial charge in [0.2, 0.25) is 0 Å². The molecule has 15 heavy (non-hydrogen) atoms. The third-order valence-electron chi connectivity index (χ3n) is 2.90. The minimum atomic E-state index is -0.678.